The maximum absolute atomic E-state index is 13.7. The number of ether oxygens (including phenoxy) is 1. The molecule has 1 fully saturated rings. The van der Waals surface area contributed by atoms with E-state index in [1.165, 1.54) is 18.2 Å². The minimum absolute atomic E-state index is 0.0563. The summed E-state index contributed by atoms with van der Waals surface area (Å²) < 4.78 is 33.2. The van der Waals surface area contributed by atoms with Gasteiger partial charge in [0, 0.05) is 12.2 Å². The van der Waals surface area contributed by atoms with Gasteiger partial charge in [-0.15, -0.1) is 0 Å². The van der Waals surface area contributed by atoms with Gasteiger partial charge in [-0.1, -0.05) is 6.07 Å². The van der Waals surface area contributed by atoms with Crippen molar-refractivity contribution in [2.75, 3.05) is 6.61 Å². The molecule has 0 aromatic heterocycles. The fourth-order valence-corrected chi connectivity index (χ4v) is 2.61. The van der Waals surface area contributed by atoms with E-state index in [9.17, 15) is 8.78 Å². The van der Waals surface area contributed by atoms with Crippen molar-refractivity contribution >= 4 is 0 Å². The molecule has 19 heavy (non-hydrogen) atoms. The molecule has 106 valence electrons. The lowest BCUT2D eigenvalue weighted by atomic mass is 9.85. The zero-order valence-electron chi connectivity index (χ0n) is 11.1. The van der Waals surface area contributed by atoms with Crippen LogP contribution in [-0.2, 0) is 11.2 Å². The minimum Gasteiger partial charge on any atom is -0.374 e. The van der Waals surface area contributed by atoms with E-state index in [2.05, 4.69) is 5.43 Å². The molecule has 2 atom stereocenters. The quantitative estimate of drug-likeness (QED) is 0.652. The number of hydrazine groups is 1. The molecule has 0 amide bonds. The molecule has 3 nitrogen and oxygen atoms in total. The predicted octanol–water partition coefficient (Wildman–Crippen LogP) is 2.30. The molecule has 0 aliphatic carbocycles. The van der Waals surface area contributed by atoms with Crippen LogP contribution in [0.4, 0.5) is 8.78 Å². The summed E-state index contributed by atoms with van der Waals surface area (Å²) in [5, 5.41) is 0. The fraction of sp³-hybridized carbons (Fsp3) is 0.571. The van der Waals surface area contributed by atoms with Crippen molar-refractivity contribution in [2.24, 2.45) is 5.84 Å². The molecule has 0 radical (unpaired) electrons. The van der Waals surface area contributed by atoms with Gasteiger partial charge in [-0.3, -0.25) is 11.3 Å². The molecule has 1 aromatic carbocycles. The average Bonchev–Trinajstić information content (AvgIpc) is 2.39. The zero-order chi connectivity index (χ0) is 13.9. The fourth-order valence-electron chi connectivity index (χ4n) is 2.61. The first-order valence-electron chi connectivity index (χ1n) is 6.60. The topological polar surface area (TPSA) is 47.3 Å². The average molecular weight is 270 g/mol. The van der Waals surface area contributed by atoms with Crippen LogP contribution >= 0.6 is 0 Å². The van der Waals surface area contributed by atoms with Crippen molar-refractivity contribution in [2.45, 2.75) is 44.2 Å². The van der Waals surface area contributed by atoms with Crippen molar-refractivity contribution in [3.63, 3.8) is 0 Å². The third-order valence-corrected chi connectivity index (χ3v) is 3.91. The number of halogens is 2. The van der Waals surface area contributed by atoms with Gasteiger partial charge in [0.2, 0.25) is 0 Å². The molecular weight excluding hydrogens is 250 g/mol. The van der Waals surface area contributed by atoms with Crippen LogP contribution in [0.15, 0.2) is 18.2 Å². The van der Waals surface area contributed by atoms with E-state index in [0.29, 0.717) is 6.61 Å². The van der Waals surface area contributed by atoms with Crippen LogP contribution < -0.4 is 11.3 Å². The molecule has 2 rings (SSSR count). The van der Waals surface area contributed by atoms with E-state index in [0.717, 1.165) is 19.3 Å². The molecule has 1 aliphatic heterocycles. The van der Waals surface area contributed by atoms with Gasteiger partial charge in [0.15, 0.2) is 0 Å². The normalized spacial score (nSPS) is 25.3. The molecule has 1 heterocycles. The van der Waals surface area contributed by atoms with E-state index >= 15 is 0 Å². The Morgan fingerprint density at radius 1 is 1.37 bits per heavy atom. The Labute approximate surface area is 112 Å². The van der Waals surface area contributed by atoms with Crippen LogP contribution in [0.25, 0.3) is 0 Å². The molecule has 1 aromatic rings. The van der Waals surface area contributed by atoms with Crippen LogP contribution in [-0.4, -0.2) is 18.2 Å². The van der Waals surface area contributed by atoms with Crippen molar-refractivity contribution in [1.29, 1.82) is 0 Å². The van der Waals surface area contributed by atoms with E-state index < -0.39 is 17.2 Å². The smallest absolute Gasteiger partial charge is 0.129 e. The summed E-state index contributed by atoms with van der Waals surface area (Å²) in [6.07, 6.45) is 3.05. The predicted molar refractivity (Wildman–Crippen MR) is 69.4 cm³/mol. The first kappa shape index (κ1) is 14.4. The van der Waals surface area contributed by atoms with Crippen molar-refractivity contribution in [1.82, 2.24) is 5.43 Å². The second kappa shape index (κ2) is 5.94. The third kappa shape index (κ3) is 3.11. The molecule has 5 heteroatoms. The van der Waals surface area contributed by atoms with Crippen molar-refractivity contribution < 1.29 is 13.5 Å². The number of rotatable bonds is 4. The molecule has 3 N–H and O–H groups in total. The highest BCUT2D eigenvalue weighted by molar-refractivity contribution is 5.21. The highest BCUT2D eigenvalue weighted by atomic mass is 19.1. The molecule has 0 spiro atoms. The number of hydrogen-bond donors (Lipinski definition) is 2. The Kier molecular flexibility index (Phi) is 4.50. The Morgan fingerprint density at radius 3 is 2.58 bits per heavy atom. The first-order chi connectivity index (χ1) is 9.07. The van der Waals surface area contributed by atoms with Crippen molar-refractivity contribution in [3.8, 4) is 0 Å². The van der Waals surface area contributed by atoms with Gasteiger partial charge in [0.1, 0.15) is 11.6 Å². The highest BCUT2D eigenvalue weighted by Gasteiger charge is 2.37. The Morgan fingerprint density at radius 2 is 2.05 bits per heavy atom. The highest BCUT2D eigenvalue weighted by Crippen LogP contribution is 2.30. The molecule has 0 saturated carbocycles. The van der Waals surface area contributed by atoms with Crippen molar-refractivity contribution in [3.05, 3.63) is 35.4 Å². The Hall–Kier alpha value is -1.04. The molecule has 0 bridgehead atoms. The van der Waals surface area contributed by atoms with Crippen LogP contribution in [0.5, 0.6) is 0 Å². The maximum atomic E-state index is 13.7. The number of hydrogen-bond acceptors (Lipinski definition) is 3. The summed E-state index contributed by atoms with van der Waals surface area (Å²) in [6, 6.07) is 3.56. The lowest BCUT2D eigenvalue weighted by Crippen LogP contribution is -2.55. The first-order valence-corrected chi connectivity index (χ1v) is 6.60. The van der Waals surface area contributed by atoms with Crippen LogP contribution in [0.3, 0.4) is 0 Å². The van der Waals surface area contributed by atoms with Gasteiger partial charge in [0.25, 0.3) is 0 Å². The Bertz CT molecular complexity index is 413. The van der Waals surface area contributed by atoms with Gasteiger partial charge in [0.05, 0.1) is 11.6 Å². The second-order valence-electron chi connectivity index (χ2n) is 5.24. The van der Waals surface area contributed by atoms with Gasteiger partial charge >= 0.3 is 0 Å². The van der Waals surface area contributed by atoms with E-state index in [1.54, 1.807) is 0 Å². The summed E-state index contributed by atoms with van der Waals surface area (Å²) in [5.74, 6) is 4.48. The van der Waals surface area contributed by atoms with Gasteiger partial charge in [-0.05, 0) is 44.7 Å². The largest absolute Gasteiger partial charge is 0.374 e. The SMILES string of the molecule is CC1(C(Cc2c(F)cccc2F)NN)CCCCO1. The Balaban J connectivity index is 2.19. The van der Waals surface area contributed by atoms with Crippen LogP contribution in [0.1, 0.15) is 31.7 Å². The summed E-state index contributed by atoms with van der Waals surface area (Å²) in [4.78, 5) is 0. The maximum Gasteiger partial charge on any atom is 0.129 e. The summed E-state index contributed by atoms with van der Waals surface area (Å²) in [6.45, 7) is 2.60. The van der Waals surface area contributed by atoms with Gasteiger partial charge < -0.3 is 4.74 Å². The number of nitrogens with two attached hydrogens (primary N) is 1. The van der Waals surface area contributed by atoms with E-state index in [4.69, 9.17) is 10.6 Å². The lowest BCUT2D eigenvalue weighted by molar-refractivity contribution is -0.0886. The second-order valence-corrected chi connectivity index (χ2v) is 5.24. The van der Waals surface area contributed by atoms with E-state index in [-0.39, 0.29) is 18.0 Å². The molecule has 2 unspecified atom stereocenters. The lowest BCUT2D eigenvalue weighted by Gasteiger charge is -2.40. The molecule has 1 saturated heterocycles. The number of nitrogens with one attached hydrogen (secondary N) is 1. The number of benzene rings is 1. The minimum atomic E-state index is -0.542. The summed E-state index contributed by atoms with van der Waals surface area (Å²) in [7, 11) is 0. The van der Waals surface area contributed by atoms with Crippen LogP contribution in [0.2, 0.25) is 0 Å². The zero-order valence-corrected chi connectivity index (χ0v) is 11.1. The molecular formula is C14H20F2N2O. The standard InChI is InChI=1S/C14H20F2N2O/c1-14(7-2-3-8-19-14)13(18-17)9-10-11(15)5-4-6-12(10)16/h4-6,13,18H,2-3,7-9,17H2,1H3. The van der Waals surface area contributed by atoms with E-state index in [1.807, 2.05) is 6.92 Å². The van der Waals surface area contributed by atoms with Crippen LogP contribution in [0, 0.1) is 11.6 Å². The molecule has 1 aliphatic rings. The van der Waals surface area contributed by atoms with Gasteiger partial charge in [-0.25, -0.2) is 8.78 Å². The summed E-state index contributed by atoms with van der Waals surface area (Å²) >= 11 is 0. The third-order valence-electron chi connectivity index (χ3n) is 3.91. The monoisotopic (exact) mass is 270 g/mol. The van der Waals surface area contributed by atoms with Gasteiger partial charge in [-0.2, -0.15) is 0 Å². The summed E-state index contributed by atoms with van der Waals surface area (Å²) in [5.41, 5.74) is 2.23.